The first-order chi connectivity index (χ1) is 12.4. The normalized spacial score (nSPS) is 19.8. The second-order valence-electron chi connectivity index (χ2n) is 5.95. The Kier molecular flexibility index (Phi) is 6.58. The van der Waals surface area contributed by atoms with E-state index in [1.807, 2.05) is 25.2 Å². The monoisotopic (exact) mass is 373 g/mol. The molecular weight excluding hydrogens is 350 g/mol. The van der Waals surface area contributed by atoms with Gasteiger partial charge in [0.25, 0.3) is 10.0 Å². The van der Waals surface area contributed by atoms with Crippen LogP contribution in [0.15, 0.2) is 78.3 Å². The standard InChI is InChI=1S/C20H23NO4S/c1-4-7-9-15(5-2)14-25-17-10-8-11-18(13-17)26(23,24)21-20(22)19-12-16(19)6-3/h4-11,13,16,19H,2-3,12,14H2,1H3,(H,21,22)/b7-4-,15-9+/t16-,19+/m1/s1. The largest absolute Gasteiger partial charge is 0.489 e. The Morgan fingerprint density at radius 2 is 2.15 bits per heavy atom. The fourth-order valence-corrected chi connectivity index (χ4v) is 3.40. The van der Waals surface area contributed by atoms with Crippen molar-refractivity contribution in [3.8, 4) is 5.75 Å². The summed E-state index contributed by atoms with van der Waals surface area (Å²) >= 11 is 0. The van der Waals surface area contributed by atoms with Crippen LogP contribution in [0.4, 0.5) is 0 Å². The van der Waals surface area contributed by atoms with Crippen LogP contribution in [-0.4, -0.2) is 20.9 Å². The molecule has 1 aromatic rings. The van der Waals surface area contributed by atoms with E-state index in [4.69, 9.17) is 4.74 Å². The van der Waals surface area contributed by atoms with Crippen molar-refractivity contribution in [2.75, 3.05) is 6.61 Å². The number of hydrogen-bond acceptors (Lipinski definition) is 4. The van der Waals surface area contributed by atoms with Crippen LogP contribution in [0.3, 0.4) is 0 Å². The Morgan fingerprint density at radius 1 is 1.38 bits per heavy atom. The highest BCUT2D eigenvalue weighted by Gasteiger charge is 2.42. The van der Waals surface area contributed by atoms with Crippen molar-refractivity contribution in [2.24, 2.45) is 11.8 Å². The summed E-state index contributed by atoms with van der Waals surface area (Å²) < 4.78 is 32.6. The van der Waals surface area contributed by atoms with Gasteiger partial charge in [0.05, 0.1) is 4.90 Å². The number of carbonyl (C=O) groups excluding carboxylic acids is 1. The number of benzene rings is 1. The third-order valence-electron chi connectivity index (χ3n) is 4.00. The Balaban J connectivity index is 2.06. The minimum absolute atomic E-state index is 0.0169. The highest BCUT2D eigenvalue weighted by Crippen LogP contribution is 2.39. The number of amides is 1. The Morgan fingerprint density at radius 3 is 2.77 bits per heavy atom. The zero-order chi connectivity index (χ0) is 19.2. The average molecular weight is 373 g/mol. The highest BCUT2D eigenvalue weighted by molar-refractivity contribution is 7.90. The molecule has 0 aliphatic heterocycles. The molecule has 0 spiro atoms. The lowest BCUT2D eigenvalue weighted by Crippen LogP contribution is -2.32. The summed E-state index contributed by atoms with van der Waals surface area (Å²) in [5.41, 5.74) is 0.855. The number of hydrogen-bond donors (Lipinski definition) is 1. The van der Waals surface area contributed by atoms with Gasteiger partial charge in [-0.3, -0.25) is 4.79 Å². The summed E-state index contributed by atoms with van der Waals surface area (Å²) in [6.07, 6.45) is 9.59. The van der Waals surface area contributed by atoms with E-state index in [-0.39, 0.29) is 23.3 Å². The number of ether oxygens (including phenoxy) is 1. The molecule has 1 aromatic carbocycles. The molecule has 1 N–H and O–H groups in total. The second kappa shape index (κ2) is 8.67. The van der Waals surface area contributed by atoms with Gasteiger partial charge < -0.3 is 4.74 Å². The molecule has 6 heteroatoms. The molecule has 26 heavy (non-hydrogen) atoms. The van der Waals surface area contributed by atoms with E-state index in [1.165, 1.54) is 12.1 Å². The number of allylic oxidation sites excluding steroid dienone is 4. The fraction of sp³-hybridized carbons (Fsp3) is 0.250. The first-order valence-corrected chi connectivity index (χ1v) is 9.76. The summed E-state index contributed by atoms with van der Waals surface area (Å²) in [4.78, 5) is 12.0. The maximum Gasteiger partial charge on any atom is 0.264 e. The Bertz CT molecular complexity index is 852. The lowest BCUT2D eigenvalue weighted by Gasteiger charge is -2.10. The fourth-order valence-electron chi connectivity index (χ4n) is 2.34. The van der Waals surface area contributed by atoms with E-state index in [2.05, 4.69) is 17.9 Å². The van der Waals surface area contributed by atoms with Crippen molar-refractivity contribution >= 4 is 15.9 Å². The maximum atomic E-state index is 12.4. The summed E-state index contributed by atoms with van der Waals surface area (Å²) in [7, 11) is -3.94. The van der Waals surface area contributed by atoms with Crippen molar-refractivity contribution in [3.63, 3.8) is 0 Å². The molecule has 0 aromatic heterocycles. The lowest BCUT2D eigenvalue weighted by molar-refractivity contribution is -0.120. The van der Waals surface area contributed by atoms with Crippen molar-refractivity contribution in [1.82, 2.24) is 4.72 Å². The molecule has 0 bridgehead atoms. The first-order valence-electron chi connectivity index (χ1n) is 8.27. The third-order valence-corrected chi connectivity index (χ3v) is 5.34. The van der Waals surface area contributed by atoms with E-state index >= 15 is 0 Å². The van der Waals surface area contributed by atoms with Gasteiger partial charge >= 0.3 is 0 Å². The van der Waals surface area contributed by atoms with Crippen molar-refractivity contribution in [1.29, 1.82) is 0 Å². The van der Waals surface area contributed by atoms with Gasteiger partial charge in [-0.1, -0.05) is 43.0 Å². The van der Waals surface area contributed by atoms with Gasteiger partial charge in [0.2, 0.25) is 5.91 Å². The summed E-state index contributed by atoms with van der Waals surface area (Å²) in [6, 6.07) is 6.04. The van der Waals surface area contributed by atoms with Crippen LogP contribution in [0.2, 0.25) is 0 Å². The topological polar surface area (TPSA) is 72.5 Å². The van der Waals surface area contributed by atoms with E-state index in [9.17, 15) is 13.2 Å². The summed E-state index contributed by atoms with van der Waals surface area (Å²) in [5.74, 6) is -0.358. The van der Waals surface area contributed by atoms with Gasteiger partial charge in [-0.25, -0.2) is 13.1 Å². The van der Waals surface area contributed by atoms with Gasteiger partial charge in [-0.15, -0.1) is 6.58 Å². The zero-order valence-corrected chi connectivity index (χ0v) is 15.5. The predicted octanol–water partition coefficient (Wildman–Crippen LogP) is 3.38. The smallest absolute Gasteiger partial charge is 0.264 e. The molecule has 138 valence electrons. The minimum Gasteiger partial charge on any atom is -0.489 e. The van der Waals surface area contributed by atoms with E-state index < -0.39 is 15.9 Å². The van der Waals surface area contributed by atoms with Crippen LogP contribution < -0.4 is 9.46 Å². The van der Waals surface area contributed by atoms with Crippen molar-refractivity contribution in [3.05, 3.63) is 73.4 Å². The molecular formula is C20H23NO4S. The molecule has 0 heterocycles. The molecule has 1 saturated carbocycles. The lowest BCUT2D eigenvalue weighted by atomic mass is 10.2. The highest BCUT2D eigenvalue weighted by atomic mass is 32.2. The minimum atomic E-state index is -3.94. The molecule has 1 aliphatic carbocycles. The van der Waals surface area contributed by atoms with Gasteiger partial charge in [0, 0.05) is 12.0 Å². The van der Waals surface area contributed by atoms with Crippen LogP contribution in [-0.2, 0) is 14.8 Å². The van der Waals surface area contributed by atoms with E-state index in [0.29, 0.717) is 12.2 Å². The molecule has 2 rings (SSSR count). The second-order valence-corrected chi connectivity index (χ2v) is 7.63. The van der Waals surface area contributed by atoms with Gasteiger partial charge in [-0.05, 0) is 37.0 Å². The summed E-state index contributed by atoms with van der Waals surface area (Å²) in [5, 5.41) is 0. The SMILES string of the molecule is C=C/C(=C\C=C/C)COc1cccc(S(=O)(=O)NC(=O)[C@H]2C[C@H]2C=C)c1. The van der Waals surface area contributed by atoms with Crippen LogP contribution in [0.5, 0.6) is 5.75 Å². The molecule has 5 nitrogen and oxygen atoms in total. The van der Waals surface area contributed by atoms with Gasteiger partial charge in [0.1, 0.15) is 12.4 Å². The Labute approximate surface area is 154 Å². The predicted molar refractivity (Wildman–Crippen MR) is 102 cm³/mol. The summed E-state index contributed by atoms with van der Waals surface area (Å²) in [6.45, 7) is 9.50. The Hall–Kier alpha value is -2.60. The van der Waals surface area contributed by atoms with Crippen molar-refractivity contribution < 1.29 is 17.9 Å². The van der Waals surface area contributed by atoms with Crippen molar-refractivity contribution in [2.45, 2.75) is 18.2 Å². The molecule has 0 unspecified atom stereocenters. The quantitative estimate of drug-likeness (QED) is 0.532. The number of sulfonamides is 1. The molecule has 1 aliphatic rings. The van der Waals surface area contributed by atoms with E-state index in [0.717, 1.165) is 5.57 Å². The van der Waals surface area contributed by atoms with Gasteiger partial charge in [-0.2, -0.15) is 0 Å². The maximum absolute atomic E-state index is 12.4. The number of rotatable bonds is 9. The average Bonchev–Trinajstić information content (AvgIpc) is 3.42. The zero-order valence-electron chi connectivity index (χ0n) is 14.7. The molecule has 1 fully saturated rings. The number of carbonyl (C=O) groups is 1. The third kappa shape index (κ3) is 5.20. The molecule has 1 amide bonds. The first kappa shape index (κ1) is 19.7. The molecule has 0 saturated heterocycles. The van der Waals surface area contributed by atoms with Crippen LogP contribution >= 0.6 is 0 Å². The van der Waals surface area contributed by atoms with Crippen LogP contribution in [0, 0.1) is 11.8 Å². The number of nitrogens with one attached hydrogen (secondary N) is 1. The van der Waals surface area contributed by atoms with Gasteiger partial charge in [0.15, 0.2) is 0 Å². The molecule has 0 radical (unpaired) electrons. The van der Waals surface area contributed by atoms with Crippen LogP contribution in [0.25, 0.3) is 0 Å². The van der Waals surface area contributed by atoms with E-state index in [1.54, 1.807) is 24.3 Å². The van der Waals surface area contributed by atoms with Crippen LogP contribution in [0.1, 0.15) is 13.3 Å². The molecule has 2 atom stereocenters.